The van der Waals surface area contributed by atoms with Crippen LogP contribution in [0.25, 0.3) is 10.8 Å². The molecule has 0 aliphatic rings. The van der Waals surface area contributed by atoms with E-state index in [4.69, 9.17) is 16.3 Å². The Kier molecular flexibility index (Phi) is 5.14. The highest BCUT2D eigenvalue weighted by Crippen LogP contribution is 2.18. The molecule has 3 rings (SSSR count). The van der Waals surface area contributed by atoms with Crippen LogP contribution in [0.3, 0.4) is 0 Å². The van der Waals surface area contributed by atoms with Crippen molar-refractivity contribution in [3.63, 3.8) is 0 Å². The van der Waals surface area contributed by atoms with Crippen molar-refractivity contribution in [2.75, 3.05) is 0 Å². The van der Waals surface area contributed by atoms with Gasteiger partial charge in [0, 0.05) is 22.5 Å². The predicted octanol–water partition coefficient (Wildman–Crippen LogP) is 3.82. The number of carbonyl (C=O) groups excluding carboxylic acids is 1. The van der Waals surface area contributed by atoms with Crippen LogP contribution in [-0.2, 0) is 17.9 Å². The zero-order valence-corrected chi connectivity index (χ0v) is 14.5. The molecule has 0 aliphatic carbocycles. The molecule has 0 bridgehead atoms. The average Bonchev–Trinajstić information content (AvgIpc) is 2.63. The van der Waals surface area contributed by atoms with Crippen molar-refractivity contribution in [2.24, 2.45) is 0 Å². The molecule has 0 aliphatic heterocycles. The fraction of sp³-hybridized carbons (Fsp3) is 0.211. The molecule has 0 radical (unpaired) electrons. The van der Waals surface area contributed by atoms with E-state index in [9.17, 15) is 9.59 Å². The molecule has 25 heavy (non-hydrogen) atoms. The topological polar surface area (TPSA) is 61.2 Å². The van der Waals surface area contributed by atoms with Crippen LogP contribution in [0.1, 0.15) is 29.4 Å². The third kappa shape index (κ3) is 3.56. The SMILES string of the molecule is CCCn1nc(C(=O)OCc2ccccc2Cl)c2ccccc2c1=O. The number of carbonyl (C=O) groups is 1. The number of fused-ring (bicyclic) bond motifs is 1. The molecule has 0 saturated heterocycles. The molecular formula is C19H17ClN2O3. The number of esters is 1. The summed E-state index contributed by atoms with van der Waals surface area (Å²) in [6.45, 7) is 2.43. The van der Waals surface area contributed by atoms with E-state index in [2.05, 4.69) is 5.10 Å². The first-order chi connectivity index (χ1) is 12.1. The van der Waals surface area contributed by atoms with Crippen molar-refractivity contribution in [1.82, 2.24) is 9.78 Å². The maximum atomic E-state index is 12.6. The molecule has 6 heteroatoms. The molecule has 1 aromatic heterocycles. The summed E-state index contributed by atoms with van der Waals surface area (Å²) >= 11 is 6.08. The van der Waals surface area contributed by atoms with Gasteiger partial charge in [-0.15, -0.1) is 0 Å². The normalized spacial score (nSPS) is 10.8. The first-order valence-corrected chi connectivity index (χ1v) is 8.40. The zero-order chi connectivity index (χ0) is 17.8. The summed E-state index contributed by atoms with van der Waals surface area (Å²) in [6, 6.07) is 14.1. The van der Waals surface area contributed by atoms with E-state index in [-0.39, 0.29) is 17.9 Å². The molecule has 0 atom stereocenters. The summed E-state index contributed by atoms with van der Waals surface area (Å²) in [5.41, 5.74) is 0.638. The van der Waals surface area contributed by atoms with Gasteiger partial charge in [0.2, 0.25) is 0 Å². The van der Waals surface area contributed by atoms with Gasteiger partial charge in [0.15, 0.2) is 5.69 Å². The number of benzene rings is 2. The Bertz CT molecular complexity index is 982. The largest absolute Gasteiger partial charge is 0.456 e. The molecule has 0 N–H and O–H groups in total. The van der Waals surface area contributed by atoms with Crippen molar-refractivity contribution >= 4 is 28.3 Å². The first-order valence-electron chi connectivity index (χ1n) is 8.02. The first kappa shape index (κ1) is 17.2. The van der Waals surface area contributed by atoms with Gasteiger partial charge in [-0.3, -0.25) is 4.79 Å². The number of hydrogen-bond donors (Lipinski definition) is 0. The maximum Gasteiger partial charge on any atom is 0.359 e. The van der Waals surface area contributed by atoms with Crippen LogP contribution in [0.4, 0.5) is 0 Å². The summed E-state index contributed by atoms with van der Waals surface area (Å²) in [4.78, 5) is 25.0. The molecule has 2 aromatic carbocycles. The second-order valence-electron chi connectivity index (χ2n) is 5.59. The van der Waals surface area contributed by atoms with Gasteiger partial charge in [-0.2, -0.15) is 5.10 Å². The third-order valence-electron chi connectivity index (χ3n) is 3.81. The van der Waals surface area contributed by atoms with E-state index >= 15 is 0 Å². The quantitative estimate of drug-likeness (QED) is 0.652. The molecule has 1 heterocycles. The average molecular weight is 357 g/mol. The minimum Gasteiger partial charge on any atom is -0.456 e. The third-order valence-corrected chi connectivity index (χ3v) is 4.18. The van der Waals surface area contributed by atoms with Crippen molar-refractivity contribution in [1.29, 1.82) is 0 Å². The summed E-state index contributed by atoms with van der Waals surface area (Å²) in [5, 5.41) is 5.70. The molecule has 0 saturated carbocycles. The van der Waals surface area contributed by atoms with Crippen molar-refractivity contribution in [3.8, 4) is 0 Å². The lowest BCUT2D eigenvalue weighted by atomic mass is 10.1. The Balaban J connectivity index is 1.96. The van der Waals surface area contributed by atoms with Gasteiger partial charge in [0.25, 0.3) is 5.56 Å². The van der Waals surface area contributed by atoms with Crippen LogP contribution in [-0.4, -0.2) is 15.7 Å². The Morgan fingerprint density at radius 2 is 1.80 bits per heavy atom. The zero-order valence-electron chi connectivity index (χ0n) is 13.7. The predicted molar refractivity (Wildman–Crippen MR) is 96.9 cm³/mol. The maximum absolute atomic E-state index is 12.6. The monoisotopic (exact) mass is 356 g/mol. The molecule has 5 nitrogen and oxygen atoms in total. The lowest BCUT2D eigenvalue weighted by Crippen LogP contribution is -2.26. The number of rotatable bonds is 5. The highest BCUT2D eigenvalue weighted by molar-refractivity contribution is 6.31. The van der Waals surface area contributed by atoms with E-state index < -0.39 is 5.97 Å². The minimum absolute atomic E-state index is 0.0431. The Morgan fingerprint density at radius 1 is 1.12 bits per heavy atom. The van der Waals surface area contributed by atoms with Gasteiger partial charge in [-0.05, 0) is 18.6 Å². The second kappa shape index (κ2) is 7.49. The van der Waals surface area contributed by atoms with Crippen molar-refractivity contribution < 1.29 is 9.53 Å². The van der Waals surface area contributed by atoms with Gasteiger partial charge in [0.05, 0.1) is 5.39 Å². The molecule has 0 unspecified atom stereocenters. The lowest BCUT2D eigenvalue weighted by molar-refractivity contribution is 0.0465. The van der Waals surface area contributed by atoms with Gasteiger partial charge in [0.1, 0.15) is 6.61 Å². The number of ether oxygens (including phenoxy) is 1. The highest BCUT2D eigenvalue weighted by Gasteiger charge is 2.18. The Morgan fingerprint density at radius 3 is 2.52 bits per heavy atom. The summed E-state index contributed by atoms with van der Waals surface area (Å²) in [7, 11) is 0. The molecule has 3 aromatic rings. The van der Waals surface area contributed by atoms with Gasteiger partial charge >= 0.3 is 5.97 Å². The second-order valence-corrected chi connectivity index (χ2v) is 6.00. The molecule has 0 amide bonds. The molecule has 128 valence electrons. The van der Waals surface area contributed by atoms with E-state index in [0.29, 0.717) is 27.9 Å². The number of aromatic nitrogens is 2. The number of aryl methyl sites for hydroxylation is 1. The smallest absolute Gasteiger partial charge is 0.359 e. The van der Waals surface area contributed by atoms with Crippen LogP contribution in [0.5, 0.6) is 0 Å². The lowest BCUT2D eigenvalue weighted by Gasteiger charge is -2.10. The minimum atomic E-state index is -0.582. The van der Waals surface area contributed by atoms with Crippen LogP contribution in [0.2, 0.25) is 5.02 Å². The van der Waals surface area contributed by atoms with E-state index in [1.54, 1.807) is 36.4 Å². The van der Waals surface area contributed by atoms with Gasteiger partial charge in [-0.25, -0.2) is 9.48 Å². The molecular weight excluding hydrogens is 340 g/mol. The number of hydrogen-bond acceptors (Lipinski definition) is 4. The van der Waals surface area contributed by atoms with Crippen molar-refractivity contribution in [2.45, 2.75) is 26.5 Å². The van der Waals surface area contributed by atoms with E-state index in [0.717, 1.165) is 6.42 Å². The molecule has 0 fully saturated rings. The van der Waals surface area contributed by atoms with Crippen molar-refractivity contribution in [3.05, 3.63) is 75.2 Å². The highest BCUT2D eigenvalue weighted by atomic mass is 35.5. The summed E-state index contributed by atoms with van der Waals surface area (Å²) < 4.78 is 6.69. The van der Waals surface area contributed by atoms with Crippen LogP contribution in [0.15, 0.2) is 53.3 Å². The Labute approximate surface area is 149 Å². The van der Waals surface area contributed by atoms with E-state index in [1.807, 2.05) is 19.1 Å². The Hall–Kier alpha value is -2.66. The van der Waals surface area contributed by atoms with Crippen LogP contribution in [0, 0.1) is 0 Å². The fourth-order valence-electron chi connectivity index (χ4n) is 2.58. The number of halogens is 1. The standard InChI is InChI=1S/C19H17ClN2O3/c1-2-11-22-18(23)15-9-5-4-8-14(15)17(21-22)19(24)25-12-13-7-3-6-10-16(13)20/h3-10H,2,11-12H2,1H3. The number of nitrogens with zero attached hydrogens (tertiary/aromatic N) is 2. The fourth-order valence-corrected chi connectivity index (χ4v) is 2.77. The molecule has 0 spiro atoms. The summed E-state index contributed by atoms with van der Waals surface area (Å²) in [6.07, 6.45) is 0.735. The summed E-state index contributed by atoms with van der Waals surface area (Å²) in [5.74, 6) is -0.582. The van der Waals surface area contributed by atoms with Crippen LogP contribution >= 0.6 is 11.6 Å². The van der Waals surface area contributed by atoms with E-state index in [1.165, 1.54) is 4.68 Å². The van der Waals surface area contributed by atoms with Gasteiger partial charge in [-0.1, -0.05) is 54.9 Å². The van der Waals surface area contributed by atoms with Crippen LogP contribution < -0.4 is 5.56 Å². The van der Waals surface area contributed by atoms with Gasteiger partial charge < -0.3 is 4.74 Å².